The molecule has 0 unspecified atom stereocenters. The van der Waals surface area contributed by atoms with Gasteiger partial charge in [-0.2, -0.15) is 0 Å². The molecule has 132 valence electrons. The number of carbonyl (C=O) groups is 3. The summed E-state index contributed by atoms with van der Waals surface area (Å²) in [6.07, 6.45) is 5.95. The third-order valence-corrected chi connectivity index (χ3v) is 5.37. The zero-order chi connectivity index (χ0) is 17.8. The predicted molar refractivity (Wildman–Crippen MR) is 98.9 cm³/mol. The molecule has 2 aliphatic heterocycles. The van der Waals surface area contributed by atoms with Gasteiger partial charge in [0.15, 0.2) is 0 Å². The van der Waals surface area contributed by atoms with Crippen molar-refractivity contribution in [2.24, 2.45) is 0 Å². The van der Waals surface area contributed by atoms with Gasteiger partial charge in [0.05, 0.1) is 4.91 Å². The zero-order valence-electron chi connectivity index (χ0n) is 14.4. The van der Waals surface area contributed by atoms with Crippen LogP contribution in [-0.4, -0.2) is 46.5 Å². The third-order valence-electron chi connectivity index (χ3n) is 4.47. The van der Waals surface area contributed by atoms with E-state index in [0.29, 0.717) is 18.0 Å². The van der Waals surface area contributed by atoms with Gasteiger partial charge in [0, 0.05) is 13.1 Å². The van der Waals surface area contributed by atoms with Crippen LogP contribution in [0.5, 0.6) is 0 Å². The molecule has 2 heterocycles. The fourth-order valence-electron chi connectivity index (χ4n) is 3.10. The van der Waals surface area contributed by atoms with E-state index >= 15 is 0 Å². The molecule has 5 nitrogen and oxygen atoms in total. The zero-order valence-corrected chi connectivity index (χ0v) is 15.2. The average Bonchev–Trinajstić information content (AvgIpc) is 2.79. The van der Waals surface area contributed by atoms with E-state index < -0.39 is 0 Å². The van der Waals surface area contributed by atoms with Crippen LogP contribution in [-0.2, 0) is 9.59 Å². The normalized spacial score (nSPS) is 20.3. The van der Waals surface area contributed by atoms with Gasteiger partial charge in [-0.25, -0.2) is 0 Å². The number of nitrogens with zero attached hydrogens (tertiary/aromatic N) is 2. The van der Waals surface area contributed by atoms with Crippen LogP contribution in [0.2, 0.25) is 0 Å². The molecule has 2 fully saturated rings. The molecule has 1 aromatic rings. The van der Waals surface area contributed by atoms with Gasteiger partial charge >= 0.3 is 0 Å². The van der Waals surface area contributed by atoms with Crippen molar-refractivity contribution < 1.29 is 14.4 Å². The molecule has 6 heteroatoms. The van der Waals surface area contributed by atoms with E-state index in [1.807, 2.05) is 31.2 Å². The lowest BCUT2D eigenvalue weighted by molar-refractivity contribution is -0.135. The molecule has 0 aliphatic carbocycles. The minimum absolute atomic E-state index is 0.138. The summed E-state index contributed by atoms with van der Waals surface area (Å²) in [4.78, 5) is 40.4. The summed E-state index contributed by atoms with van der Waals surface area (Å²) in [6.45, 7) is 3.25. The minimum Gasteiger partial charge on any atom is -0.341 e. The van der Waals surface area contributed by atoms with E-state index in [9.17, 15) is 14.4 Å². The molecule has 3 rings (SSSR count). The molecule has 2 aliphatic rings. The van der Waals surface area contributed by atoms with E-state index in [-0.39, 0.29) is 23.6 Å². The van der Waals surface area contributed by atoms with Crippen LogP contribution >= 0.6 is 11.8 Å². The molecule has 0 N–H and O–H groups in total. The highest BCUT2D eigenvalue weighted by atomic mass is 32.2. The Bertz CT molecular complexity index is 721. The molecule has 1 aromatic carbocycles. The summed E-state index contributed by atoms with van der Waals surface area (Å²) >= 11 is 0.903. The van der Waals surface area contributed by atoms with Crippen molar-refractivity contribution in [2.45, 2.75) is 32.6 Å². The average molecular weight is 358 g/mol. The molecule has 2 saturated heterocycles. The Labute approximate surface area is 152 Å². The van der Waals surface area contributed by atoms with E-state index in [1.165, 1.54) is 0 Å². The molecular weight excluding hydrogens is 336 g/mol. The summed E-state index contributed by atoms with van der Waals surface area (Å²) in [6, 6.07) is 7.73. The largest absolute Gasteiger partial charge is 0.341 e. The molecule has 3 amide bonds. The van der Waals surface area contributed by atoms with Crippen LogP contribution < -0.4 is 0 Å². The Morgan fingerprint density at radius 3 is 2.56 bits per heavy atom. The van der Waals surface area contributed by atoms with Crippen molar-refractivity contribution >= 4 is 34.9 Å². The molecule has 0 atom stereocenters. The number of hydrogen-bond acceptors (Lipinski definition) is 4. The SMILES string of the molecule is Cc1cccc(C=C2SC(=O)N(CC(=O)N3CCCCCC3)C2=O)c1. The fourth-order valence-corrected chi connectivity index (χ4v) is 3.94. The molecule has 0 saturated carbocycles. The van der Waals surface area contributed by atoms with E-state index in [0.717, 1.165) is 53.5 Å². The summed E-state index contributed by atoms with van der Waals surface area (Å²) in [5.41, 5.74) is 1.97. The van der Waals surface area contributed by atoms with Crippen LogP contribution in [0.1, 0.15) is 36.8 Å². The standard InChI is InChI=1S/C19H22N2O3S/c1-14-7-6-8-15(11-14)12-16-18(23)21(19(24)25-16)13-17(22)20-9-4-2-3-5-10-20/h6-8,11-12H,2-5,9-10,13H2,1H3. The predicted octanol–water partition coefficient (Wildman–Crippen LogP) is 3.43. The number of thioether (sulfide) groups is 1. The van der Waals surface area contributed by atoms with Gasteiger partial charge in [-0.1, -0.05) is 42.7 Å². The Kier molecular flexibility index (Phi) is 5.58. The lowest BCUT2D eigenvalue weighted by Crippen LogP contribution is -2.42. The highest BCUT2D eigenvalue weighted by Gasteiger charge is 2.37. The summed E-state index contributed by atoms with van der Waals surface area (Å²) in [5.74, 6) is -0.513. The summed E-state index contributed by atoms with van der Waals surface area (Å²) in [5, 5.41) is -0.368. The van der Waals surface area contributed by atoms with Crippen molar-refractivity contribution in [3.05, 3.63) is 40.3 Å². The van der Waals surface area contributed by atoms with E-state index in [2.05, 4.69) is 0 Å². The van der Waals surface area contributed by atoms with Crippen molar-refractivity contribution in [3.63, 3.8) is 0 Å². The van der Waals surface area contributed by atoms with Gasteiger partial charge in [-0.3, -0.25) is 19.3 Å². The minimum atomic E-state index is -0.375. The molecule has 0 spiro atoms. The van der Waals surface area contributed by atoms with E-state index in [4.69, 9.17) is 0 Å². The maximum Gasteiger partial charge on any atom is 0.294 e. The van der Waals surface area contributed by atoms with Gasteiger partial charge in [0.1, 0.15) is 6.54 Å². The van der Waals surface area contributed by atoms with Crippen molar-refractivity contribution in [3.8, 4) is 0 Å². The Balaban J connectivity index is 1.69. The van der Waals surface area contributed by atoms with Gasteiger partial charge < -0.3 is 4.90 Å². The quantitative estimate of drug-likeness (QED) is 0.777. The van der Waals surface area contributed by atoms with Crippen LogP contribution in [0.15, 0.2) is 29.2 Å². The second-order valence-corrected chi connectivity index (χ2v) is 7.47. The Hall–Kier alpha value is -2.08. The first kappa shape index (κ1) is 17.7. The van der Waals surface area contributed by atoms with Crippen molar-refractivity contribution in [1.82, 2.24) is 9.80 Å². The lowest BCUT2D eigenvalue weighted by Gasteiger charge is -2.22. The highest BCUT2D eigenvalue weighted by molar-refractivity contribution is 8.18. The van der Waals surface area contributed by atoms with Crippen LogP contribution in [0.3, 0.4) is 0 Å². The van der Waals surface area contributed by atoms with Gasteiger partial charge in [0.2, 0.25) is 5.91 Å². The fraction of sp³-hybridized carbons (Fsp3) is 0.421. The Morgan fingerprint density at radius 1 is 1.16 bits per heavy atom. The first-order valence-electron chi connectivity index (χ1n) is 8.64. The van der Waals surface area contributed by atoms with Gasteiger partial charge in [-0.15, -0.1) is 0 Å². The first-order chi connectivity index (χ1) is 12.0. The number of rotatable bonds is 3. The monoisotopic (exact) mass is 358 g/mol. The number of hydrogen-bond donors (Lipinski definition) is 0. The molecule has 25 heavy (non-hydrogen) atoms. The number of aryl methyl sites for hydroxylation is 1. The molecule has 0 aromatic heterocycles. The molecular formula is C19H22N2O3S. The van der Waals surface area contributed by atoms with Gasteiger partial charge in [-0.05, 0) is 43.2 Å². The summed E-state index contributed by atoms with van der Waals surface area (Å²) < 4.78 is 0. The Morgan fingerprint density at radius 2 is 1.88 bits per heavy atom. The van der Waals surface area contributed by atoms with Crippen LogP contribution in [0.4, 0.5) is 4.79 Å². The number of amides is 3. The summed E-state index contributed by atoms with van der Waals surface area (Å²) in [7, 11) is 0. The topological polar surface area (TPSA) is 57.7 Å². The number of benzene rings is 1. The van der Waals surface area contributed by atoms with Crippen LogP contribution in [0.25, 0.3) is 6.08 Å². The maximum atomic E-state index is 12.5. The second kappa shape index (κ2) is 7.87. The van der Waals surface area contributed by atoms with Crippen molar-refractivity contribution in [2.75, 3.05) is 19.6 Å². The molecule has 0 radical (unpaired) electrons. The van der Waals surface area contributed by atoms with Gasteiger partial charge in [0.25, 0.3) is 11.1 Å². The smallest absolute Gasteiger partial charge is 0.294 e. The number of carbonyl (C=O) groups excluding carboxylic acids is 3. The molecule has 0 bridgehead atoms. The third kappa shape index (κ3) is 4.31. The lowest BCUT2D eigenvalue weighted by atomic mass is 10.1. The second-order valence-electron chi connectivity index (χ2n) is 6.48. The number of likely N-dealkylation sites (tertiary alicyclic amines) is 1. The van der Waals surface area contributed by atoms with E-state index in [1.54, 1.807) is 11.0 Å². The highest BCUT2D eigenvalue weighted by Crippen LogP contribution is 2.32. The first-order valence-corrected chi connectivity index (χ1v) is 9.46. The van der Waals surface area contributed by atoms with Crippen LogP contribution in [0, 0.1) is 6.92 Å². The number of imide groups is 1. The maximum absolute atomic E-state index is 12.5. The van der Waals surface area contributed by atoms with Crippen molar-refractivity contribution in [1.29, 1.82) is 0 Å².